The Morgan fingerprint density at radius 3 is 3.07 bits per heavy atom. The summed E-state index contributed by atoms with van der Waals surface area (Å²) in [5, 5.41) is 0. The molecule has 0 aliphatic rings. The molecule has 0 aliphatic carbocycles. The van der Waals surface area contributed by atoms with E-state index in [1.54, 1.807) is 6.07 Å². The van der Waals surface area contributed by atoms with Crippen molar-refractivity contribution in [1.29, 1.82) is 0 Å². The predicted octanol–water partition coefficient (Wildman–Crippen LogP) is 1.11. The van der Waals surface area contributed by atoms with Gasteiger partial charge in [-0.25, -0.2) is 15.8 Å². The van der Waals surface area contributed by atoms with E-state index in [4.69, 9.17) is 10.6 Å². The van der Waals surface area contributed by atoms with Crippen molar-refractivity contribution in [2.75, 3.05) is 12.0 Å². The summed E-state index contributed by atoms with van der Waals surface area (Å²) in [5.74, 6) is 6.23. The average molecular weight is 194 g/mol. The van der Waals surface area contributed by atoms with E-state index in [-0.39, 0.29) is 0 Å². The molecule has 0 atom stereocenters. The lowest BCUT2D eigenvalue weighted by Crippen LogP contribution is -2.09. The molecule has 3 N–H and O–H groups in total. The van der Waals surface area contributed by atoms with Gasteiger partial charge in [-0.1, -0.05) is 5.57 Å². The average Bonchev–Trinajstić information content (AvgIpc) is 2.18. The summed E-state index contributed by atoms with van der Waals surface area (Å²) in [5.41, 5.74) is 3.50. The van der Waals surface area contributed by atoms with Gasteiger partial charge < -0.3 is 10.2 Å². The Labute approximate surface area is 83.0 Å². The second-order valence-corrected chi connectivity index (χ2v) is 2.94. The van der Waals surface area contributed by atoms with Crippen molar-refractivity contribution < 1.29 is 4.74 Å². The van der Waals surface area contributed by atoms with Crippen LogP contribution >= 0.6 is 0 Å². The van der Waals surface area contributed by atoms with E-state index >= 15 is 0 Å². The number of hydrogen-bond acceptors (Lipinski definition) is 5. The van der Waals surface area contributed by atoms with Gasteiger partial charge in [0.2, 0.25) is 5.88 Å². The fourth-order valence-corrected chi connectivity index (χ4v) is 0.827. The highest BCUT2D eigenvalue weighted by atomic mass is 16.5. The van der Waals surface area contributed by atoms with Crippen molar-refractivity contribution >= 4 is 5.82 Å². The third kappa shape index (κ3) is 3.40. The third-order valence-corrected chi connectivity index (χ3v) is 1.57. The number of nitrogens with zero attached hydrogens (tertiary/aromatic N) is 2. The first-order chi connectivity index (χ1) is 6.72. The van der Waals surface area contributed by atoms with Crippen LogP contribution in [0, 0.1) is 0 Å². The van der Waals surface area contributed by atoms with Crippen molar-refractivity contribution in [3.63, 3.8) is 0 Å². The van der Waals surface area contributed by atoms with Crippen LogP contribution in [0.4, 0.5) is 5.82 Å². The predicted molar refractivity (Wildman–Crippen MR) is 54.8 cm³/mol. The third-order valence-electron chi connectivity index (χ3n) is 1.57. The minimum atomic E-state index is 0.509. The minimum absolute atomic E-state index is 0.509. The van der Waals surface area contributed by atoms with Crippen LogP contribution in [0.1, 0.15) is 13.3 Å². The van der Waals surface area contributed by atoms with Crippen LogP contribution in [-0.2, 0) is 0 Å². The highest BCUT2D eigenvalue weighted by molar-refractivity contribution is 5.35. The van der Waals surface area contributed by atoms with Crippen LogP contribution in [0.2, 0.25) is 0 Å². The lowest BCUT2D eigenvalue weighted by molar-refractivity contribution is 0.309. The van der Waals surface area contributed by atoms with Crippen molar-refractivity contribution in [2.24, 2.45) is 5.84 Å². The van der Waals surface area contributed by atoms with Crippen LogP contribution in [0.3, 0.4) is 0 Å². The standard InChI is InChI=1S/C9H14N4O/c1-7(2)3-4-14-9-5-8(13-10)11-6-12-9/h5-6H,1,3-4,10H2,2H3,(H,11,12,13). The van der Waals surface area contributed by atoms with Gasteiger partial charge in [0, 0.05) is 12.5 Å². The maximum absolute atomic E-state index is 5.35. The highest BCUT2D eigenvalue weighted by Crippen LogP contribution is 2.10. The molecule has 0 unspecified atom stereocenters. The molecule has 0 fully saturated rings. The van der Waals surface area contributed by atoms with Crippen LogP contribution in [-0.4, -0.2) is 16.6 Å². The fraction of sp³-hybridized carbons (Fsp3) is 0.333. The molecule has 0 amide bonds. The van der Waals surface area contributed by atoms with Gasteiger partial charge in [-0.05, 0) is 6.92 Å². The molecule has 0 aromatic carbocycles. The van der Waals surface area contributed by atoms with E-state index in [0.29, 0.717) is 18.3 Å². The van der Waals surface area contributed by atoms with Gasteiger partial charge in [0.1, 0.15) is 12.1 Å². The normalized spacial score (nSPS) is 9.57. The summed E-state index contributed by atoms with van der Waals surface area (Å²) in [6.45, 7) is 6.30. The fourth-order valence-electron chi connectivity index (χ4n) is 0.827. The molecule has 14 heavy (non-hydrogen) atoms. The lowest BCUT2D eigenvalue weighted by Gasteiger charge is -2.05. The molecule has 0 bridgehead atoms. The summed E-state index contributed by atoms with van der Waals surface area (Å²) in [4.78, 5) is 7.78. The van der Waals surface area contributed by atoms with Gasteiger partial charge in [-0.15, -0.1) is 6.58 Å². The zero-order chi connectivity index (χ0) is 10.4. The number of hydrazine groups is 1. The Kier molecular flexibility index (Phi) is 3.87. The van der Waals surface area contributed by atoms with Crippen molar-refractivity contribution in [2.45, 2.75) is 13.3 Å². The molecular weight excluding hydrogens is 180 g/mol. The van der Waals surface area contributed by atoms with Crippen LogP contribution in [0.15, 0.2) is 24.5 Å². The first kappa shape index (κ1) is 10.5. The largest absolute Gasteiger partial charge is 0.477 e. The molecule has 1 rings (SSSR count). The number of nitrogens with two attached hydrogens (primary N) is 1. The number of ether oxygens (including phenoxy) is 1. The van der Waals surface area contributed by atoms with Crippen LogP contribution in [0.5, 0.6) is 5.88 Å². The van der Waals surface area contributed by atoms with Gasteiger partial charge in [0.05, 0.1) is 6.61 Å². The molecule has 76 valence electrons. The number of nitrogens with one attached hydrogen (secondary N) is 1. The van der Waals surface area contributed by atoms with Crippen LogP contribution in [0.25, 0.3) is 0 Å². The zero-order valence-electron chi connectivity index (χ0n) is 8.16. The molecular formula is C9H14N4O. The molecule has 1 heterocycles. The summed E-state index contributed by atoms with van der Waals surface area (Å²) in [6.07, 6.45) is 2.21. The molecule has 5 heteroatoms. The Balaban J connectivity index is 2.46. The van der Waals surface area contributed by atoms with E-state index in [1.165, 1.54) is 6.33 Å². The molecule has 0 saturated carbocycles. The van der Waals surface area contributed by atoms with E-state index < -0.39 is 0 Å². The lowest BCUT2D eigenvalue weighted by atomic mass is 10.3. The first-order valence-corrected chi connectivity index (χ1v) is 4.28. The maximum Gasteiger partial charge on any atom is 0.218 e. The summed E-state index contributed by atoms with van der Waals surface area (Å²) >= 11 is 0. The van der Waals surface area contributed by atoms with E-state index in [2.05, 4.69) is 22.0 Å². The van der Waals surface area contributed by atoms with Crippen LogP contribution < -0.4 is 16.0 Å². The van der Waals surface area contributed by atoms with E-state index in [0.717, 1.165) is 12.0 Å². The Morgan fingerprint density at radius 2 is 2.43 bits per heavy atom. The smallest absolute Gasteiger partial charge is 0.218 e. The quantitative estimate of drug-likeness (QED) is 0.417. The van der Waals surface area contributed by atoms with Gasteiger partial charge in [0.15, 0.2) is 0 Å². The second-order valence-electron chi connectivity index (χ2n) is 2.94. The number of anilines is 1. The molecule has 5 nitrogen and oxygen atoms in total. The molecule has 1 aromatic heterocycles. The molecule has 0 saturated heterocycles. The summed E-state index contributed by atoms with van der Waals surface area (Å²) < 4.78 is 5.35. The second kappa shape index (κ2) is 5.18. The molecule has 1 aromatic rings. The minimum Gasteiger partial charge on any atom is -0.477 e. The molecule has 0 spiro atoms. The van der Waals surface area contributed by atoms with Crippen molar-refractivity contribution in [3.8, 4) is 5.88 Å². The number of rotatable bonds is 5. The van der Waals surface area contributed by atoms with E-state index in [9.17, 15) is 0 Å². The zero-order valence-corrected chi connectivity index (χ0v) is 8.16. The first-order valence-electron chi connectivity index (χ1n) is 4.28. The van der Waals surface area contributed by atoms with Gasteiger partial charge in [-0.3, -0.25) is 0 Å². The molecule has 0 aliphatic heterocycles. The maximum atomic E-state index is 5.35. The van der Waals surface area contributed by atoms with Crippen molar-refractivity contribution in [3.05, 3.63) is 24.5 Å². The Hall–Kier alpha value is -1.62. The van der Waals surface area contributed by atoms with E-state index in [1.807, 2.05) is 6.92 Å². The SMILES string of the molecule is C=C(C)CCOc1cc(NN)ncn1. The molecule has 0 radical (unpaired) electrons. The van der Waals surface area contributed by atoms with Gasteiger partial charge >= 0.3 is 0 Å². The Bertz CT molecular complexity index is 313. The number of aromatic nitrogens is 2. The van der Waals surface area contributed by atoms with Gasteiger partial charge in [0.25, 0.3) is 0 Å². The van der Waals surface area contributed by atoms with Crippen molar-refractivity contribution in [1.82, 2.24) is 9.97 Å². The van der Waals surface area contributed by atoms with Gasteiger partial charge in [-0.2, -0.15) is 0 Å². The summed E-state index contributed by atoms with van der Waals surface area (Å²) in [7, 11) is 0. The Morgan fingerprint density at radius 1 is 1.64 bits per heavy atom. The summed E-state index contributed by atoms with van der Waals surface area (Å²) in [6, 6.07) is 1.64. The monoisotopic (exact) mass is 194 g/mol. The number of hydrogen-bond donors (Lipinski definition) is 2. The highest BCUT2D eigenvalue weighted by Gasteiger charge is 1.97. The topological polar surface area (TPSA) is 73.1 Å². The number of nitrogen functional groups attached to an aromatic ring is 1.